The number of allylic oxidation sites excluding steroid dienone is 1. The Labute approximate surface area is 96.1 Å². The van der Waals surface area contributed by atoms with Crippen LogP contribution in [0.25, 0.3) is 0 Å². The van der Waals surface area contributed by atoms with Crippen LogP contribution in [0.15, 0.2) is 36.4 Å². The Kier molecular flexibility index (Phi) is 5.05. The fraction of sp³-hybridized carbons (Fsp3) is 0.333. The molecule has 82 valence electrons. The molecule has 15 heavy (non-hydrogen) atoms. The highest BCUT2D eigenvalue weighted by molar-refractivity contribution is 6.18. The van der Waals surface area contributed by atoms with Crippen LogP contribution in [-0.4, -0.2) is 26.6 Å². The van der Waals surface area contributed by atoms with Gasteiger partial charge in [-0.05, 0) is 12.1 Å². The van der Waals surface area contributed by atoms with E-state index in [9.17, 15) is 0 Å². The van der Waals surface area contributed by atoms with Crippen molar-refractivity contribution in [2.24, 2.45) is 0 Å². The molecule has 1 aromatic carbocycles. The van der Waals surface area contributed by atoms with Crippen LogP contribution in [0.1, 0.15) is 0 Å². The summed E-state index contributed by atoms with van der Waals surface area (Å²) in [6, 6.07) is 7.98. The van der Waals surface area contributed by atoms with Crippen molar-refractivity contribution in [1.29, 1.82) is 0 Å². The fourth-order valence-electron chi connectivity index (χ4n) is 1.13. The molecular weight excluding hydrogens is 210 g/mol. The highest BCUT2D eigenvalue weighted by Crippen LogP contribution is 2.19. The predicted octanol–water partition coefficient (Wildman–Crippen LogP) is 2.93. The van der Waals surface area contributed by atoms with Gasteiger partial charge >= 0.3 is 0 Å². The van der Waals surface area contributed by atoms with Gasteiger partial charge in [-0.3, -0.25) is 0 Å². The Morgan fingerprint density at radius 2 is 2.13 bits per heavy atom. The summed E-state index contributed by atoms with van der Waals surface area (Å²) in [6.07, 6.45) is 3.78. The van der Waals surface area contributed by atoms with E-state index in [1.165, 1.54) is 0 Å². The molecule has 1 rings (SSSR count). The summed E-state index contributed by atoms with van der Waals surface area (Å²) in [7, 11) is 4.01. The van der Waals surface area contributed by atoms with Crippen LogP contribution in [0, 0.1) is 0 Å². The lowest BCUT2D eigenvalue weighted by atomic mass is 10.3. The number of halogens is 1. The monoisotopic (exact) mass is 225 g/mol. The van der Waals surface area contributed by atoms with E-state index in [2.05, 4.69) is 0 Å². The number of hydrogen-bond acceptors (Lipinski definition) is 2. The molecule has 0 fully saturated rings. The molecule has 0 radical (unpaired) electrons. The van der Waals surface area contributed by atoms with Crippen LogP contribution in [0.2, 0.25) is 0 Å². The summed E-state index contributed by atoms with van der Waals surface area (Å²) in [5.41, 5.74) is 1.13. The molecule has 0 heterocycles. The van der Waals surface area contributed by atoms with Gasteiger partial charge < -0.3 is 9.64 Å². The van der Waals surface area contributed by atoms with Crippen molar-refractivity contribution in [2.45, 2.75) is 0 Å². The smallest absolute Gasteiger partial charge is 0.121 e. The topological polar surface area (TPSA) is 12.5 Å². The van der Waals surface area contributed by atoms with Crippen molar-refractivity contribution in [3.8, 4) is 5.75 Å². The van der Waals surface area contributed by atoms with Gasteiger partial charge in [0, 0.05) is 31.7 Å². The summed E-state index contributed by atoms with van der Waals surface area (Å²) in [5, 5.41) is 0. The molecule has 0 bridgehead atoms. The molecule has 0 amide bonds. The van der Waals surface area contributed by atoms with E-state index in [-0.39, 0.29) is 0 Å². The third-order valence-electron chi connectivity index (χ3n) is 1.94. The molecule has 0 saturated carbocycles. The van der Waals surface area contributed by atoms with Crippen molar-refractivity contribution in [1.82, 2.24) is 0 Å². The number of benzene rings is 1. The van der Waals surface area contributed by atoms with Gasteiger partial charge in [0.25, 0.3) is 0 Å². The van der Waals surface area contributed by atoms with Crippen molar-refractivity contribution < 1.29 is 4.74 Å². The third kappa shape index (κ3) is 4.26. The van der Waals surface area contributed by atoms with Gasteiger partial charge in [0.2, 0.25) is 0 Å². The van der Waals surface area contributed by atoms with Crippen LogP contribution in [0.5, 0.6) is 5.75 Å². The molecule has 0 aliphatic carbocycles. The zero-order valence-electron chi connectivity index (χ0n) is 9.11. The van der Waals surface area contributed by atoms with Crippen molar-refractivity contribution >= 4 is 17.3 Å². The molecule has 0 aliphatic heterocycles. The Morgan fingerprint density at radius 3 is 2.80 bits per heavy atom. The first kappa shape index (κ1) is 11.9. The average molecular weight is 226 g/mol. The van der Waals surface area contributed by atoms with Crippen LogP contribution < -0.4 is 9.64 Å². The normalized spacial score (nSPS) is 10.6. The van der Waals surface area contributed by atoms with Crippen LogP contribution in [0.4, 0.5) is 5.69 Å². The molecule has 0 spiro atoms. The lowest BCUT2D eigenvalue weighted by molar-refractivity contribution is 0.363. The van der Waals surface area contributed by atoms with Crippen molar-refractivity contribution in [2.75, 3.05) is 31.5 Å². The van der Waals surface area contributed by atoms with E-state index in [0.717, 1.165) is 11.4 Å². The summed E-state index contributed by atoms with van der Waals surface area (Å²) < 4.78 is 5.53. The maximum Gasteiger partial charge on any atom is 0.121 e. The second-order valence-corrected chi connectivity index (χ2v) is 3.64. The van der Waals surface area contributed by atoms with Crippen LogP contribution in [0.3, 0.4) is 0 Å². The van der Waals surface area contributed by atoms with E-state index < -0.39 is 0 Å². The molecule has 0 atom stereocenters. The number of anilines is 1. The average Bonchev–Trinajstić information content (AvgIpc) is 2.25. The maximum absolute atomic E-state index is 5.53. The zero-order valence-corrected chi connectivity index (χ0v) is 9.87. The van der Waals surface area contributed by atoms with Gasteiger partial charge in [-0.25, -0.2) is 0 Å². The van der Waals surface area contributed by atoms with E-state index in [1.54, 1.807) is 0 Å². The maximum atomic E-state index is 5.53. The van der Waals surface area contributed by atoms with Gasteiger partial charge in [0.05, 0.1) is 0 Å². The molecular formula is C12H16ClNO. The van der Waals surface area contributed by atoms with Gasteiger partial charge in [-0.15, -0.1) is 11.6 Å². The van der Waals surface area contributed by atoms with Gasteiger partial charge in [0.1, 0.15) is 12.4 Å². The quantitative estimate of drug-likeness (QED) is 0.565. The second-order valence-electron chi connectivity index (χ2n) is 3.33. The number of rotatable bonds is 5. The largest absolute Gasteiger partial charge is 0.489 e. The molecule has 3 heteroatoms. The highest BCUT2D eigenvalue weighted by atomic mass is 35.5. The Bertz CT molecular complexity index is 323. The fourth-order valence-corrected chi connectivity index (χ4v) is 1.25. The third-order valence-corrected chi connectivity index (χ3v) is 2.11. The Morgan fingerprint density at radius 1 is 1.33 bits per heavy atom. The minimum Gasteiger partial charge on any atom is -0.489 e. The minimum atomic E-state index is 0.529. The summed E-state index contributed by atoms with van der Waals surface area (Å²) in [5.74, 6) is 1.40. The molecule has 0 saturated heterocycles. The second kappa shape index (κ2) is 6.36. The molecule has 0 aromatic heterocycles. The minimum absolute atomic E-state index is 0.529. The van der Waals surface area contributed by atoms with E-state index >= 15 is 0 Å². The molecule has 0 N–H and O–H groups in total. The highest BCUT2D eigenvalue weighted by Gasteiger charge is 1.96. The first-order chi connectivity index (χ1) is 7.24. The molecule has 1 aromatic rings. The number of nitrogens with zero attached hydrogens (tertiary/aromatic N) is 1. The lowest BCUT2D eigenvalue weighted by Crippen LogP contribution is -2.08. The van der Waals surface area contributed by atoms with Gasteiger partial charge in [0.15, 0.2) is 0 Å². The summed E-state index contributed by atoms with van der Waals surface area (Å²) in [6.45, 7) is 0.559. The van der Waals surface area contributed by atoms with E-state index in [1.807, 2.05) is 55.4 Å². The van der Waals surface area contributed by atoms with Crippen molar-refractivity contribution in [3.63, 3.8) is 0 Å². The predicted molar refractivity (Wildman–Crippen MR) is 66.1 cm³/mol. The van der Waals surface area contributed by atoms with Crippen molar-refractivity contribution in [3.05, 3.63) is 36.4 Å². The SMILES string of the molecule is CN(C)c1cccc(OCC=CCCl)c1. The standard InChI is InChI=1S/C12H16ClNO/c1-14(2)11-6-5-7-12(10-11)15-9-4-3-8-13/h3-7,10H,8-9H2,1-2H3. The number of hydrogen-bond donors (Lipinski definition) is 0. The first-order valence-electron chi connectivity index (χ1n) is 4.85. The summed E-state index contributed by atoms with van der Waals surface area (Å²) >= 11 is 5.50. The molecule has 0 aliphatic rings. The Balaban J connectivity index is 2.54. The van der Waals surface area contributed by atoms with Gasteiger partial charge in [-0.2, -0.15) is 0 Å². The van der Waals surface area contributed by atoms with Crippen LogP contribution in [-0.2, 0) is 0 Å². The number of ether oxygens (including phenoxy) is 1. The molecule has 0 unspecified atom stereocenters. The van der Waals surface area contributed by atoms with E-state index in [0.29, 0.717) is 12.5 Å². The number of alkyl halides is 1. The Hall–Kier alpha value is -1.15. The lowest BCUT2D eigenvalue weighted by Gasteiger charge is -2.13. The van der Waals surface area contributed by atoms with Gasteiger partial charge in [-0.1, -0.05) is 18.2 Å². The van der Waals surface area contributed by atoms with Crippen LogP contribution >= 0.6 is 11.6 Å². The summed E-state index contributed by atoms with van der Waals surface area (Å²) in [4.78, 5) is 2.04. The molecule has 2 nitrogen and oxygen atoms in total. The first-order valence-corrected chi connectivity index (χ1v) is 5.38. The van der Waals surface area contributed by atoms with E-state index in [4.69, 9.17) is 16.3 Å². The zero-order chi connectivity index (χ0) is 11.1.